The van der Waals surface area contributed by atoms with Crippen molar-refractivity contribution in [3.8, 4) is 11.5 Å². The molecular weight excluding hydrogens is 433 g/mol. The predicted octanol–water partition coefficient (Wildman–Crippen LogP) is 5.02. The largest absolute Gasteiger partial charge is 0.489 e. The van der Waals surface area contributed by atoms with E-state index in [2.05, 4.69) is 4.98 Å². The number of hydrogen-bond donors (Lipinski definition) is 1. The van der Waals surface area contributed by atoms with Crippen LogP contribution in [0, 0.1) is 6.92 Å². The summed E-state index contributed by atoms with van der Waals surface area (Å²) in [4.78, 5) is 17.5. The number of aliphatic hydroxyl groups excluding tert-OH is 1. The van der Waals surface area contributed by atoms with E-state index in [1.165, 1.54) is 11.3 Å². The third kappa shape index (κ3) is 6.44. The lowest BCUT2D eigenvalue weighted by Crippen LogP contribution is -2.11. The average molecular weight is 452 g/mol. The zero-order valence-electron chi connectivity index (χ0n) is 15.7. The summed E-state index contributed by atoms with van der Waals surface area (Å²) in [5, 5.41) is 10.8. The molecule has 1 heterocycles. The first-order chi connectivity index (χ1) is 13.9. The summed E-state index contributed by atoms with van der Waals surface area (Å²) in [6, 6.07) is 12.0. The molecule has 8 heteroatoms. The molecule has 3 rings (SSSR count). The van der Waals surface area contributed by atoms with Crippen molar-refractivity contribution in [2.24, 2.45) is 0 Å². The van der Waals surface area contributed by atoms with Gasteiger partial charge in [-0.1, -0.05) is 23.2 Å². The third-order valence-electron chi connectivity index (χ3n) is 3.95. The molecule has 0 unspecified atom stereocenters. The van der Waals surface area contributed by atoms with Crippen LogP contribution in [0.5, 0.6) is 11.5 Å². The van der Waals surface area contributed by atoms with E-state index in [0.29, 0.717) is 39.6 Å². The molecule has 1 aromatic heterocycles. The van der Waals surface area contributed by atoms with Crippen LogP contribution in [0.1, 0.15) is 21.1 Å². The highest BCUT2D eigenvalue weighted by Gasteiger charge is 2.13. The fourth-order valence-electron chi connectivity index (χ4n) is 2.65. The number of benzene rings is 2. The molecule has 0 bridgehead atoms. The molecule has 2 aromatic carbocycles. The zero-order chi connectivity index (χ0) is 20.8. The topological polar surface area (TPSA) is 68.7 Å². The molecule has 0 saturated heterocycles. The molecule has 0 saturated carbocycles. The molecule has 0 spiro atoms. The van der Waals surface area contributed by atoms with Gasteiger partial charge in [-0.05, 0) is 55.0 Å². The summed E-state index contributed by atoms with van der Waals surface area (Å²) >= 11 is 13.4. The van der Waals surface area contributed by atoms with Crippen molar-refractivity contribution < 1.29 is 19.4 Å². The third-order valence-corrected chi connectivity index (χ3v) is 5.61. The molecule has 0 radical (unpaired) electrons. The second-order valence-corrected chi connectivity index (χ2v) is 8.32. The Morgan fingerprint density at radius 1 is 1.10 bits per heavy atom. The molecule has 152 valence electrons. The highest BCUT2D eigenvalue weighted by atomic mass is 35.5. The average Bonchev–Trinajstić information content (AvgIpc) is 2.99. The Kier molecular flexibility index (Phi) is 7.50. The van der Waals surface area contributed by atoms with Gasteiger partial charge in [-0.25, -0.2) is 4.98 Å². The van der Waals surface area contributed by atoms with Gasteiger partial charge < -0.3 is 14.6 Å². The van der Waals surface area contributed by atoms with Crippen LogP contribution >= 0.6 is 34.5 Å². The molecule has 0 aliphatic heterocycles. The van der Waals surface area contributed by atoms with Gasteiger partial charge in [-0.3, -0.25) is 4.79 Å². The van der Waals surface area contributed by atoms with E-state index >= 15 is 0 Å². The van der Waals surface area contributed by atoms with Crippen molar-refractivity contribution in [3.63, 3.8) is 0 Å². The Hall–Kier alpha value is -2.12. The lowest BCUT2D eigenvalue weighted by Gasteiger charge is -2.08. The number of hydrogen-bond acceptors (Lipinski definition) is 6. The quantitative estimate of drug-likeness (QED) is 0.384. The number of halogens is 2. The van der Waals surface area contributed by atoms with Crippen molar-refractivity contribution in [2.45, 2.75) is 26.4 Å². The molecule has 0 atom stereocenters. The fraction of sp³-hybridized carbons (Fsp3) is 0.238. The van der Waals surface area contributed by atoms with Crippen LogP contribution in [0.4, 0.5) is 0 Å². The first kappa shape index (κ1) is 21.6. The Labute approximate surface area is 182 Å². The minimum Gasteiger partial charge on any atom is -0.489 e. The maximum Gasteiger partial charge on any atom is 0.318 e. The van der Waals surface area contributed by atoms with Crippen LogP contribution < -0.4 is 9.47 Å². The first-order valence-electron chi connectivity index (χ1n) is 8.87. The normalized spacial score (nSPS) is 10.8. The van der Waals surface area contributed by atoms with E-state index in [4.69, 9.17) is 37.8 Å². The Bertz CT molecular complexity index is 969. The van der Waals surface area contributed by atoms with Crippen LogP contribution in [0.25, 0.3) is 0 Å². The van der Waals surface area contributed by atoms with Crippen LogP contribution in [0.2, 0.25) is 10.0 Å². The van der Waals surface area contributed by atoms with Crippen LogP contribution in [0.3, 0.4) is 0 Å². The number of nitrogens with zero attached hydrogens (tertiary/aromatic N) is 1. The van der Waals surface area contributed by atoms with E-state index in [9.17, 15) is 4.79 Å². The Morgan fingerprint density at radius 3 is 2.41 bits per heavy atom. The van der Waals surface area contributed by atoms with Crippen molar-refractivity contribution >= 4 is 40.5 Å². The van der Waals surface area contributed by atoms with E-state index in [1.807, 2.05) is 6.92 Å². The van der Waals surface area contributed by atoms with Crippen LogP contribution in [0.15, 0.2) is 42.5 Å². The summed E-state index contributed by atoms with van der Waals surface area (Å²) in [5.74, 6) is 0.665. The highest BCUT2D eigenvalue weighted by molar-refractivity contribution is 7.11. The number of ether oxygens (including phenoxy) is 2. The molecule has 0 amide bonds. The minimum absolute atomic E-state index is 0.0612. The second kappa shape index (κ2) is 10.1. The molecular formula is C21H19Cl2NO4S. The van der Waals surface area contributed by atoms with Gasteiger partial charge in [-0.2, -0.15) is 0 Å². The molecule has 29 heavy (non-hydrogen) atoms. The Morgan fingerprint density at radius 2 is 1.76 bits per heavy atom. The minimum atomic E-state index is -0.392. The maximum absolute atomic E-state index is 12.2. The number of aliphatic hydroxyl groups is 1. The van der Waals surface area contributed by atoms with Gasteiger partial charge in [-0.15, -0.1) is 11.3 Å². The SMILES string of the molecule is Cc1nc(CC(=O)Oc2ccc(OCc3cc(Cl)cc(Cl)c3)cc2)sc1CCO. The molecule has 5 nitrogen and oxygen atoms in total. The predicted molar refractivity (Wildman–Crippen MR) is 114 cm³/mol. The van der Waals surface area contributed by atoms with E-state index in [0.717, 1.165) is 16.1 Å². The van der Waals surface area contributed by atoms with Gasteiger partial charge in [0.1, 0.15) is 23.1 Å². The second-order valence-electron chi connectivity index (χ2n) is 6.28. The maximum atomic E-state index is 12.2. The Balaban J connectivity index is 1.53. The highest BCUT2D eigenvalue weighted by Crippen LogP contribution is 2.23. The lowest BCUT2D eigenvalue weighted by molar-refractivity contribution is -0.133. The first-order valence-corrected chi connectivity index (χ1v) is 10.4. The van der Waals surface area contributed by atoms with Gasteiger partial charge in [0, 0.05) is 28.0 Å². The zero-order valence-corrected chi connectivity index (χ0v) is 18.0. The monoisotopic (exact) mass is 451 g/mol. The summed E-state index contributed by atoms with van der Waals surface area (Å²) < 4.78 is 11.1. The van der Waals surface area contributed by atoms with Gasteiger partial charge in [0.15, 0.2) is 0 Å². The van der Waals surface area contributed by atoms with Crippen molar-refractivity contribution in [1.82, 2.24) is 4.98 Å². The summed E-state index contributed by atoms with van der Waals surface area (Å²) in [6.07, 6.45) is 0.631. The molecule has 0 aliphatic carbocycles. The van der Waals surface area contributed by atoms with E-state index in [1.54, 1.807) is 42.5 Å². The van der Waals surface area contributed by atoms with Crippen LogP contribution in [-0.2, 0) is 24.2 Å². The lowest BCUT2D eigenvalue weighted by atomic mass is 10.2. The van der Waals surface area contributed by atoms with Gasteiger partial charge in [0.25, 0.3) is 0 Å². The number of esters is 1. The number of aromatic nitrogens is 1. The van der Waals surface area contributed by atoms with Crippen LogP contribution in [-0.4, -0.2) is 22.7 Å². The number of rotatable bonds is 8. The number of carbonyl (C=O) groups is 1. The number of thiazole rings is 1. The fourth-order valence-corrected chi connectivity index (χ4v) is 4.27. The standard InChI is InChI=1S/C21H19Cl2NO4S/c1-13-19(6-7-25)29-20(24-13)11-21(26)28-18-4-2-17(3-5-18)27-12-14-8-15(22)10-16(23)9-14/h2-5,8-10,25H,6-7,11-12H2,1H3. The van der Waals surface area contributed by atoms with E-state index < -0.39 is 5.97 Å². The van der Waals surface area contributed by atoms with Crippen molar-refractivity contribution in [3.05, 3.63) is 73.7 Å². The van der Waals surface area contributed by atoms with Gasteiger partial charge in [0.2, 0.25) is 0 Å². The van der Waals surface area contributed by atoms with Gasteiger partial charge in [0.05, 0.1) is 12.1 Å². The van der Waals surface area contributed by atoms with Crippen molar-refractivity contribution in [2.75, 3.05) is 6.61 Å². The van der Waals surface area contributed by atoms with E-state index in [-0.39, 0.29) is 13.0 Å². The smallest absolute Gasteiger partial charge is 0.318 e. The summed E-state index contributed by atoms with van der Waals surface area (Å²) in [5.41, 5.74) is 1.70. The molecule has 1 N–H and O–H groups in total. The number of carbonyl (C=O) groups excluding carboxylic acids is 1. The molecule has 0 aliphatic rings. The molecule has 0 fully saturated rings. The summed E-state index contributed by atoms with van der Waals surface area (Å²) in [7, 11) is 0. The molecule has 3 aromatic rings. The van der Waals surface area contributed by atoms with Gasteiger partial charge >= 0.3 is 5.97 Å². The van der Waals surface area contributed by atoms with Crippen molar-refractivity contribution in [1.29, 1.82) is 0 Å². The summed E-state index contributed by atoms with van der Waals surface area (Å²) in [6.45, 7) is 2.25. The number of aryl methyl sites for hydroxylation is 1.